The van der Waals surface area contributed by atoms with E-state index in [1.54, 1.807) is 0 Å². The molecule has 0 aliphatic carbocycles. The summed E-state index contributed by atoms with van der Waals surface area (Å²) in [6, 6.07) is 0. The van der Waals surface area contributed by atoms with E-state index in [-0.39, 0.29) is 0 Å². The van der Waals surface area contributed by atoms with Crippen molar-refractivity contribution in [3.05, 3.63) is 0 Å². The third-order valence-electron chi connectivity index (χ3n) is 5.49. The summed E-state index contributed by atoms with van der Waals surface area (Å²) in [5.41, 5.74) is 0. The minimum Gasteiger partial charge on any atom is -0.379 e. The van der Waals surface area contributed by atoms with Crippen LogP contribution in [0, 0.1) is 0 Å². The van der Waals surface area contributed by atoms with E-state index < -0.39 is 0 Å². The fourth-order valence-corrected chi connectivity index (χ4v) is 3.53. The van der Waals surface area contributed by atoms with Gasteiger partial charge in [0, 0.05) is 18.4 Å². The summed E-state index contributed by atoms with van der Waals surface area (Å²) in [5, 5.41) is 0. The molecule has 0 radical (unpaired) electrons. The Bertz CT molecular complexity index is 459. The lowest BCUT2D eigenvalue weighted by Gasteiger charge is -2.09. The van der Waals surface area contributed by atoms with Gasteiger partial charge in [0.25, 0.3) is 0 Å². The molecule has 0 atom stereocenters. The van der Waals surface area contributed by atoms with Crippen molar-refractivity contribution in [3.63, 3.8) is 0 Å². The first-order valence-electron chi connectivity index (χ1n) is 16.0. The summed E-state index contributed by atoms with van der Waals surface area (Å²) in [6.07, 6.45) is 4.50. The molecule has 0 saturated carbocycles. The summed E-state index contributed by atoms with van der Waals surface area (Å²) in [7, 11) is 0. The zero-order chi connectivity index (χ0) is 31.7. The predicted molar refractivity (Wildman–Crippen MR) is 170 cm³/mol. The fourth-order valence-electron chi connectivity index (χ4n) is 3.23. The maximum Gasteiger partial charge on any atom is 0.0701 e. The Hall–Kier alpha value is 0.1000. The van der Waals surface area contributed by atoms with Gasteiger partial charge in [-0.3, -0.25) is 0 Å². The summed E-state index contributed by atoms with van der Waals surface area (Å²) >= 11 is 11.2. The lowest BCUT2D eigenvalue weighted by molar-refractivity contribution is -0.0282. The summed E-state index contributed by atoms with van der Waals surface area (Å²) in [6.45, 7) is 13.0. The van der Waals surface area contributed by atoms with Gasteiger partial charge in [0.1, 0.15) is 0 Å². The molecular formula is C30H60Cl2O12. The third kappa shape index (κ3) is 42.1. The van der Waals surface area contributed by atoms with Crippen LogP contribution in [0.25, 0.3) is 0 Å². The molecule has 0 heterocycles. The maximum absolute atomic E-state index is 5.65. The van der Waals surface area contributed by atoms with Crippen molar-refractivity contribution >= 4 is 23.2 Å². The topological polar surface area (TPSA) is 111 Å². The molecule has 14 heteroatoms. The van der Waals surface area contributed by atoms with Crippen LogP contribution in [0.1, 0.15) is 25.7 Å². The average molecular weight is 684 g/mol. The van der Waals surface area contributed by atoms with Crippen LogP contribution in [0.15, 0.2) is 0 Å². The molecule has 266 valence electrons. The van der Waals surface area contributed by atoms with Crippen LogP contribution in [0.5, 0.6) is 0 Å². The molecular weight excluding hydrogens is 623 g/mol. The van der Waals surface area contributed by atoms with E-state index in [0.717, 1.165) is 25.3 Å². The monoisotopic (exact) mass is 682 g/mol. The Morgan fingerprint density at radius 1 is 0.182 bits per heavy atom. The molecule has 0 amide bonds. The Labute approximate surface area is 275 Å². The second-order valence-corrected chi connectivity index (χ2v) is 9.90. The highest BCUT2D eigenvalue weighted by molar-refractivity contribution is 6.18. The molecule has 0 aliphatic rings. The normalized spacial score (nSPS) is 11.6. The highest BCUT2D eigenvalue weighted by atomic mass is 35.5. The van der Waals surface area contributed by atoms with E-state index >= 15 is 0 Å². The van der Waals surface area contributed by atoms with Gasteiger partial charge < -0.3 is 56.8 Å². The summed E-state index contributed by atoms with van der Waals surface area (Å²) in [4.78, 5) is 0. The molecule has 0 aromatic rings. The van der Waals surface area contributed by atoms with Crippen LogP contribution in [0.3, 0.4) is 0 Å². The molecule has 0 unspecified atom stereocenters. The van der Waals surface area contributed by atoms with Gasteiger partial charge >= 0.3 is 0 Å². The van der Waals surface area contributed by atoms with Crippen LogP contribution in [0.4, 0.5) is 0 Å². The number of rotatable bonds is 41. The molecule has 12 nitrogen and oxygen atoms in total. The molecule has 0 fully saturated rings. The van der Waals surface area contributed by atoms with Crippen molar-refractivity contribution in [2.45, 2.75) is 25.7 Å². The second-order valence-electron chi connectivity index (χ2n) is 9.14. The lowest BCUT2D eigenvalue weighted by Crippen LogP contribution is -2.15. The zero-order valence-electron chi connectivity index (χ0n) is 26.9. The first-order chi connectivity index (χ1) is 21.9. The Kier molecular flexibility index (Phi) is 43.2. The van der Waals surface area contributed by atoms with Crippen LogP contribution in [-0.2, 0) is 56.8 Å². The number of hydrogen-bond acceptors (Lipinski definition) is 12. The summed E-state index contributed by atoms with van der Waals surface area (Å²) in [5.74, 6) is 1.24. The minimum atomic E-state index is 0.498. The quantitative estimate of drug-likeness (QED) is 0.0698. The molecule has 0 aliphatic heterocycles. The molecule has 0 saturated heterocycles. The van der Waals surface area contributed by atoms with Crippen molar-refractivity contribution in [2.24, 2.45) is 0 Å². The maximum atomic E-state index is 5.65. The van der Waals surface area contributed by atoms with Crippen molar-refractivity contribution in [3.8, 4) is 0 Å². The van der Waals surface area contributed by atoms with E-state index in [1.165, 1.54) is 12.8 Å². The zero-order valence-corrected chi connectivity index (χ0v) is 28.4. The Morgan fingerprint density at radius 2 is 0.386 bits per heavy atom. The largest absolute Gasteiger partial charge is 0.379 e. The van der Waals surface area contributed by atoms with Gasteiger partial charge in [0.2, 0.25) is 0 Å². The molecule has 0 spiro atoms. The standard InChI is InChI=1S/C30H60Cl2O12/c31-5-3-1-2-4-7-33-9-11-35-13-15-37-17-19-39-21-23-41-25-27-43-29-30-44-28-26-42-24-22-40-20-18-38-16-14-36-12-10-34-8-6-32/h1-30H2. The molecule has 0 N–H and O–H groups in total. The van der Waals surface area contributed by atoms with Gasteiger partial charge in [-0.1, -0.05) is 12.8 Å². The van der Waals surface area contributed by atoms with Crippen LogP contribution < -0.4 is 0 Å². The van der Waals surface area contributed by atoms with Crippen LogP contribution in [0.2, 0.25) is 0 Å². The molecule has 0 bridgehead atoms. The van der Waals surface area contributed by atoms with Gasteiger partial charge in [-0.15, -0.1) is 23.2 Å². The van der Waals surface area contributed by atoms with Gasteiger partial charge in [-0.25, -0.2) is 0 Å². The fraction of sp³-hybridized carbons (Fsp3) is 1.00. The van der Waals surface area contributed by atoms with Crippen LogP contribution >= 0.6 is 23.2 Å². The average Bonchev–Trinajstić information content (AvgIpc) is 3.04. The Balaban J connectivity index is 3.03. The van der Waals surface area contributed by atoms with Crippen molar-refractivity contribution in [1.82, 2.24) is 0 Å². The molecule has 0 aromatic heterocycles. The van der Waals surface area contributed by atoms with E-state index in [4.69, 9.17) is 80.0 Å². The number of hydrogen-bond donors (Lipinski definition) is 0. The number of unbranched alkanes of at least 4 members (excludes halogenated alkanes) is 3. The summed E-state index contributed by atoms with van der Waals surface area (Å²) < 4.78 is 65.3. The minimum absolute atomic E-state index is 0.498. The van der Waals surface area contributed by atoms with E-state index in [2.05, 4.69) is 0 Å². The number of alkyl halides is 2. The molecule has 0 aromatic carbocycles. The van der Waals surface area contributed by atoms with Crippen molar-refractivity contribution in [1.29, 1.82) is 0 Å². The lowest BCUT2D eigenvalue weighted by atomic mass is 10.2. The number of halogens is 2. The molecule has 44 heavy (non-hydrogen) atoms. The highest BCUT2D eigenvalue weighted by Crippen LogP contribution is 2.01. The van der Waals surface area contributed by atoms with Crippen LogP contribution in [-0.4, -0.2) is 170 Å². The Morgan fingerprint density at radius 3 is 0.614 bits per heavy atom. The predicted octanol–water partition coefficient (Wildman–Crippen LogP) is 3.22. The van der Waals surface area contributed by atoms with Crippen molar-refractivity contribution < 1.29 is 56.8 Å². The highest BCUT2D eigenvalue weighted by Gasteiger charge is 1.97. The second kappa shape index (κ2) is 43.1. The van der Waals surface area contributed by atoms with Gasteiger partial charge in [-0.05, 0) is 12.8 Å². The third-order valence-corrected chi connectivity index (χ3v) is 5.91. The first-order valence-corrected chi connectivity index (χ1v) is 17.0. The van der Waals surface area contributed by atoms with Crippen molar-refractivity contribution in [2.75, 3.05) is 170 Å². The number of ether oxygens (including phenoxy) is 12. The van der Waals surface area contributed by atoms with E-state index in [0.29, 0.717) is 158 Å². The van der Waals surface area contributed by atoms with Gasteiger partial charge in [-0.2, -0.15) is 0 Å². The SMILES string of the molecule is ClCCCCCCOCCOCCOCCOCCOCCOCCOCCOCCOCCOCCOCCOCCCl. The van der Waals surface area contributed by atoms with E-state index in [9.17, 15) is 0 Å². The molecule has 0 rings (SSSR count). The van der Waals surface area contributed by atoms with Gasteiger partial charge in [0.05, 0.1) is 152 Å². The van der Waals surface area contributed by atoms with Gasteiger partial charge in [0.15, 0.2) is 0 Å². The first kappa shape index (κ1) is 44.1. The van der Waals surface area contributed by atoms with E-state index in [1.807, 2.05) is 0 Å². The smallest absolute Gasteiger partial charge is 0.0701 e.